The molecule has 5 heterocycles. The van der Waals surface area contributed by atoms with Crippen LogP contribution in [-0.2, 0) is 6.61 Å². The number of hydrogen-bond donors (Lipinski definition) is 1. The van der Waals surface area contributed by atoms with E-state index in [0.717, 1.165) is 48.7 Å². The molecule has 2 aliphatic heterocycles. The highest BCUT2D eigenvalue weighted by molar-refractivity contribution is 5.94. The van der Waals surface area contributed by atoms with Gasteiger partial charge in [-0.2, -0.15) is 0 Å². The summed E-state index contributed by atoms with van der Waals surface area (Å²) in [5, 5.41) is 1.18. The van der Waals surface area contributed by atoms with Gasteiger partial charge >= 0.3 is 0 Å². The first kappa shape index (κ1) is 17.3. The third kappa shape index (κ3) is 2.62. The first-order valence-electron chi connectivity index (χ1n) is 10.3. The van der Waals surface area contributed by atoms with Gasteiger partial charge in [-0.1, -0.05) is 12.1 Å². The van der Waals surface area contributed by atoms with Crippen molar-refractivity contribution < 1.29 is 9.53 Å². The summed E-state index contributed by atoms with van der Waals surface area (Å²) in [7, 11) is 0. The Morgan fingerprint density at radius 2 is 1.97 bits per heavy atom. The van der Waals surface area contributed by atoms with E-state index < -0.39 is 0 Å². The molecule has 0 atom stereocenters. The van der Waals surface area contributed by atoms with Crippen LogP contribution < -0.4 is 4.74 Å². The van der Waals surface area contributed by atoms with Gasteiger partial charge < -0.3 is 14.6 Å². The summed E-state index contributed by atoms with van der Waals surface area (Å²) in [6.45, 7) is 1.80. The molecule has 6 rings (SSSR count). The van der Waals surface area contributed by atoms with Crippen molar-refractivity contribution in [3.8, 4) is 11.4 Å². The summed E-state index contributed by atoms with van der Waals surface area (Å²) in [6.07, 6.45) is 7.47. The van der Waals surface area contributed by atoms with E-state index in [1.165, 1.54) is 10.9 Å². The predicted octanol–water partition coefficient (Wildman–Crippen LogP) is 3.66. The predicted molar refractivity (Wildman–Crippen MR) is 112 cm³/mol. The number of para-hydroxylation sites is 2. The number of benzene rings is 1. The highest BCUT2D eigenvalue weighted by Gasteiger charge is 2.30. The second-order valence-corrected chi connectivity index (χ2v) is 7.88. The number of hydrogen-bond acceptors (Lipinski definition) is 4. The van der Waals surface area contributed by atoms with Gasteiger partial charge in [0.1, 0.15) is 24.3 Å². The van der Waals surface area contributed by atoms with Gasteiger partial charge in [0.25, 0.3) is 5.91 Å². The summed E-state index contributed by atoms with van der Waals surface area (Å²) in [4.78, 5) is 27.3. The Morgan fingerprint density at radius 3 is 2.87 bits per heavy atom. The van der Waals surface area contributed by atoms with Crippen LogP contribution in [0.3, 0.4) is 0 Å². The van der Waals surface area contributed by atoms with Gasteiger partial charge in [-0.05, 0) is 48.6 Å². The molecule has 7 heteroatoms. The fourth-order valence-electron chi connectivity index (χ4n) is 4.68. The number of nitrogens with zero attached hydrogens (tertiary/aromatic N) is 4. The Balaban J connectivity index is 1.21. The molecule has 150 valence electrons. The maximum absolute atomic E-state index is 13.2. The lowest BCUT2D eigenvalue weighted by Gasteiger charge is -2.32. The van der Waals surface area contributed by atoms with Crippen molar-refractivity contribution in [3.05, 3.63) is 72.1 Å². The number of amides is 1. The number of aromatic nitrogens is 4. The molecule has 3 aromatic heterocycles. The third-order valence-corrected chi connectivity index (χ3v) is 6.26. The van der Waals surface area contributed by atoms with Crippen LogP contribution in [0.15, 0.2) is 55.1 Å². The molecule has 1 amide bonds. The summed E-state index contributed by atoms with van der Waals surface area (Å²) < 4.78 is 7.82. The minimum atomic E-state index is -0.00854. The van der Waals surface area contributed by atoms with Crippen LogP contribution in [0.5, 0.6) is 5.75 Å². The number of pyridine rings is 1. The molecule has 0 saturated carbocycles. The van der Waals surface area contributed by atoms with Crippen molar-refractivity contribution in [2.24, 2.45) is 0 Å². The van der Waals surface area contributed by atoms with Crippen molar-refractivity contribution in [3.63, 3.8) is 0 Å². The zero-order valence-electron chi connectivity index (χ0n) is 16.4. The molecular formula is C23H21N5O2. The molecule has 0 unspecified atom stereocenters. The quantitative estimate of drug-likeness (QED) is 0.558. The Hall–Kier alpha value is -3.61. The minimum Gasteiger partial charge on any atom is -0.485 e. The van der Waals surface area contributed by atoms with Crippen molar-refractivity contribution in [2.75, 3.05) is 13.1 Å². The van der Waals surface area contributed by atoms with E-state index >= 15 is 0 Å². The number of rotatable bonds is 2. The molecule has 1 aromatic carbocycles. The third-order valence-electron chi connectivity index (χ3n) is 6.26. The average Bonchev–Trinajstić information content (AvgIpc) is 3.43. The molecule has 0 radical (unpaired) electrons. The molecule has 0 spiro atoms. The molecule has 30 heavy (non-hydrogen) atoms. The monoisotopic (exact) mass is 399 g/mol. The lowest BCUT2D eigenvalue weighted by molar-refractivity contribution is 0.0704. The van der Waals surface area contributed by atoms with Crippen molar-refractivity contribution >= 4 is 16.9 Å². The van der Waals surface area contributed by atoms with Gasteiger partial charge in [0.15, 0.2) is 5.69 Å². The summed E-state index contributed by atoms with van der Waals surface area (Å²) in [6, 6.07) is 11.9. The highest BCUT2D eigenvalue weighted by Crippen LogP contribution is 2.34. The van der Waals surface area contributed by atoms with Crippen LogP contribution in [0.25, 0.3) is 16.7 Å². The van der Waals surface area contributed by atoms with E-state index in [-0.39, 0.29) is 5.91 Å². The molecule has 0 aliphatic carbocycles. The van der Waals surface area contributed by atoms with E-state index in [9.17, 15) is 4.79 Å². The first-order chi connectivity index (χ1) is 14.8. The normalized spacial score (nSPS) is 16.2. The lowest BCUT2D eigenvalue weighted by atomic mass is 9.89. The van der Waals surface area contributed by atoms with Crippen molar-refractivity contribution in [1.82, 2.24) is 24.4 Å². The van der Waals surface area contributed by atoms with Crippen LogP contribution in [0, 0.1) is 0 Å². The molecule has 2 aliphatic rings. The van der Waals surface area contributed by atoms with E-state index in [4.69, 9.17) is 4.74 Å². The number of ether oxygens (including phenoxy) is 1. The second kappa shape index (κ2) is 6.73. The highest BCUT2D eigenvalue weighted by atomic mass is 16.5. The largest absolute Gasteiger partial charge is 0.485 e. The van der Waals surface area contributed by atoms with E-state index in [1.54, 1.807) is 12.5 Å². The summed E-state index contributed by atoms with van der Waals surface area (Å²) in [5.41, 5.74) is 4.48. The maximum atomic E-state index is 13.2. The van der Waals surface area contributed by atoms with Crippen LogP contribution in [0.1, 0.15) is 40.5 Å². The number of aromatic amines is 1. The van der Waals surface area contributed by atoms with Gasteiger partial charge in [0, 0.05) is 30.9 Å². The lowest BCUT2D eigenvalue weighted by Crippen LogP contribution is -2.38. The fraction of sp³-hybridized carbons (Fsp3) is 0.261. The number of H-pyrrole nitrogens is 1. The maximum Gasteiger partial charge on any atom is 0.274 e. The van der Waals surface area contributed by atoms with Crippen LogP contribution >= 0.6 is 0 Å². The topological polar surface area (TPSA) is 76.0 Å². The van der Waals surface area contributed by atoms with Crippen LogP contribution in [-0.4, -0.2) is 43.4 Å². The molecule has 1 N–H and O–H groups in total. The van der Waals surface area contributed by atoms with Gasteiger partial charge in [-0.3, -0.25) is 9.36 Å². The Labute approximate surface area is 173 Å². The number of nitrogens with one attached hydrogen (secondary N) is 1. The number of likely N-dealkylation sites (tertiary alicyclic amines) is 1. The molecule has 4 aromatic rings. The Bertz CT molecular complexity index is 1250. The number of imidazole rings is 1. The van der Waals surface area contributed by atoms with Crippen LogP contribution in [0.4, 0.5) is 0 Å². The fourth-order valence-corrected chi connectivity index (χ4v) is 4.68. The molecule has 1 fully saturated rings. The van der Waals surface area contributed by atoms with Gasteiger partial charge in [-0.25, -0.2) is 9.97 Å². The molecule has 1 saturated heterocycles. The standard InChI is InChI=1S/C23H21N5O2/c29-23(21-19-13-30-20-6-2-1-5-18(20)28(19)14-26-21)27-10-7-15(8-11-27)17-12-25-22-16(17)4-3-9-24-22/h1-6,9,12,14-15H,7-8,10-11,13H2,(H,24,25). The molecule has 0 bridgehead atoms. The van der Waals surface area contributed by atoms with E-state index in [1.807, 2.05) is 39.8 Å². The zero-order chi connectivity index (χ0) is 20.1. The van der Waals surface area contributed by atoms with E-state index in [2.05, 4.69) is 27.2 Å². The number of piperidine rings is 1. The smallest absolute Gasteiger partial charge is 0.274 e. The van der Waals surface area contributed by atoms with E-state index in [0.29, 0.717) is 18.2 Å². The second-order valence-electron chi connectivity index (χ2n) is 7.88. The Kier molecular flexibility index (Phi) is 3.87. The molecular weight excluding hydrogens is 378 g/mol. The summed E-state index contributed by atoms with van der Waals surface area (Å²) in [5.74, 6) is 1.24. The zero-order valence-corrected chi connectivity index (χ0v) is 16.4. The number of fused-ring (bicyclic) bond motifs is 4. The van der Waals surface area contributed by atoms with Crippen molar-refractivity contribution in [1.29, 1.82) is 0 Å². The minimum absolute atomic E-state index is 0.00854. The number of carbonyl (C=O) groups is 1. The van der Waals surface area contributed by atoms with Gasteiger partial charge in [0.2, 0.25) is 0 Å². The molecule has 7 nitrogen and oxygen atoms in total. The van der Waals surface area contributed by atoms with Gasteiger partial charge in [-0.15, -0.1) is 0 Å². The average molecular weight is 399 g/mol. The SMILES string of the molecule is O=C(c1ncn2c1COc1ccccc1-2)N1CCC(c2c[nH]c3ncccc23)CC1. The first-order valence-corrected chi connectivity index (χ1v) is 10.3. The van der Waals surface area contributed by atoms with Crippen LogP contribution in [0.2, 0.25) is 0 Å². The van der Waals surface area contributed by atoms with Gasteiger partial charge in [0.05, 0.1) is 11.4 Å². The van der Waals surface area contributed by atoms with Crippen molar-refractivity contribution in [2.45, 2.75) is 25.4 Å². The summed E-state index contributed by atoms with van der Waals surface area (Å²) >= 11 is 0. The Morgan fingerprint density at radius 1 is 1.10 bits per heavy atom. The number of carbonyl (C=O) groups excluding carboxylic acids is 1.